The average Bonchev–Trinajstić information content (AvgIpc) is 3.01. The molecular weight excluding hydrogens is 272 g/mol. The molecule has 1 heterocycles. The smallest absolute Gasteiger partial charge is 0.109 e. The molecule has 22 heavy (non-hydrogen) atoms. The lowest BCUT2D eigenvalue weighted by Crippen LogP contribution is -2.37. The van der Waals surface area contributed by atoms with Crippen molar-refractivity contribution in [2.75, 3.05) is 0 Å². The number of imidazole rings is 1. The Morgan fingerprint density at radius 1 is 1.23 bits per heavy atom. The molecule has 3 nitrogen and oxygen atoms in total. The zero-order chi connectivity index (χ0) is 15.4. The molecule has 1 aliphatic rings. The van der Waals surface area contributed by atoms with Crippen LogP contribution >= 0.6 is 0 Å². The first-order valence-corrected chi connectivity index (χ1v) is 8.37. The van der Waals surface area contributed by atoms with Crippen LogP contribution in [0.4, 0.5) is 0 Å². The topological polar surface area (TPSA) is 27.1 Å². The highest BCUT2D eigenvalue weighted by Gasteiger charge is 2.33. The van der Waals surface area contributed by atoms with E-state index in [2.05, 4.69) is 47.7 Å². The third-order valence-corrected chi connectivity index (χ3v) is 4.74. The number of ether oxygens (including phenoxy) is 1. The van der Waals surface area contributed by atoms with Gasteiger partial charge in [-0.1, -0.05) is 43.5 Å². The molecule has 0 radical (unpaired) electrons. The minimum atomic E-state index is -0.311. The van der Waals surface area contributed by atoms with Crippen LogP contribution < -0.4 is 0 Å². The van der Waals surface area contributed by atoms with E-state index in [9.17, 15) is 0 Å². The molecule has 0 saturated heterocycles. The van der Waals surface area contributed by atoms with E-state index in [1.807, 2.05) is 18.7 Å². The van der Waals surface area contributed by atoms with Gasteiger partial charge >= 0.3 is 0 Å². The van der Waals surface area contributed by atoms with Crippen molar-refractivity contribution in [3.63, 3.8) is 0 Å². The summed E-state index contributed by atoms with van der Waals surface area (Å²) in [6.45, 7) is 5.20. The summed E-state index contributed by atoms with van der Waals surface area (Å²) in [7, 11) is 0. The molecule has 1 aromatic carbocycles. The maximum absolute atomic E-state index is 6.67. The predicted molar refractivity (Wildman–Crippen MR) is 88.7 cm³/mol. The molecule has 0 amide bonds. The summed E-state index contributed by atoms with van der Waals surface area (Å²) in [5, 5.41) is 0. The van der Waals surface area contributed by atoms with E-state index in [1.165, 1.54) is 43.2 Å². The molecule has 2 aromatic rings. The Hall–Kier alpha value is -1.61. The SMILES string of the molecule is Cc1ccccc1C(C)(Cn1ccnc1)OC1CCCCC1. The average molecular weight is 298 g/mol. The number of benzene rings is 1. The zero-order valence-electron chi connectivity index (χ0n) is 13.7. The summed E-state index contributed by atoms with van der Waals surface area (Å²) >= 11 is 0. The van der Waals surface area contributed by atoms with E-state index in [4.69, 9.17) is 4.74 Å². The number of nitrogens with zero attached hydrogens (tertiary/aromatic N) is 2. The van der Waals surface area contributed by atoms with Crippen molar-refractivity contribution in [2.45, 2.75) is 64.2 Å². The first-order valence-electron chi connectivity index (χ1n) is 8.37. The van der Waals surface area contributed by atoms with Gasteiger partial charge in [-0.15, -0.1) is 0 Å². The molecule has 0 bridgehead atoms. The second-order valence-corrected chi connectivity index (χ2v) is 6.66. The quantitative estimate of drug-likeness (QED) is 0.815. The van der Waals surface area contributed by atoms with Gasteiger partial charge in [0.1, 0.15) is 5.60 Å². The van der Waals surface area contributed by atoms with Gasteiger partial charge in [0.25, 0.3) is 0 Å². The van der Waals surface area contributed by atoms with Crippen LogP contribution in [-0.4, -0.2) is 15.7 Å². The maximum Gasteiger partial charge on any atom is 0.109 e. The standard InChI is InChI=1S/C19H26N2O/c1-16-8-6-7-11-18(16)19(2,14-21-13-12-20-15-21)22-17-9-4-3-5-10-17/h6-8,11-13,15,17H,3-5,9-10,14H2,1-2H3. The lowest BCUT2D eigenvalue weighted by atomic mass is 9.90. The zero-order valence-corrected chi connectivity index (χ0v) is 13.7. The van der Waals surface area contributed by atoms with Crippen molar-refractivity contribution in [1.82, 2.24) is 9.55 Å². The van der Waals surface area contributed by atoms with Gasteiger partial charge in [-0.3, -0.25) is 0 Å². The molecule has 1 fully saturated rings. The molecule has 1 saturated carbocycles. The maximum atomic E-state index is 6.67. The first kappa shape index (κ1) is 15.3. The molecule has 3 rings (SSSR count). The van der Waals surface area contributed by atoms with Crippen LogP contribution in [0.3, 0.4) is 0 Å². The van der Waals surface area contributed by atoms with Crippen LogP contribution in [0.25, 0.3) is 0 Å². The third-order valence-electron chi connectivity index (χ3n) is 4.74. The van der Waals surface area contributed by atoms with Gasteiger partial charge in [0, 0.05) is 12.4 Å². The van der Waals surface area contributed by atoms with Crippen LogP contribution in [0.15, 0.2) is 43.0 Å². The Morgan fingerprint density at radius 3 is 2.68 bits per heavy atom. The second-order valence-electron chi connectivity index (χ2n) is 6.66. The largest absolute Gasteiger partial charge is 0.365 e. The first-order chi connectivity index (χ1) is 10.7. The normalized spacial score (nSPS) is 19.0. The van der Waals surface area contributed by atoms with E-state index in [1.54, 1.807) is 0 Å². The Balaban J connectivity index is 1.88. The molecule has 1 aromatic heterocycles. The fraction of sp³-hybridized carbons (Fsp3) is 0.526. The Bertz CT molecular complexity index is 587. The van der Waals surface area contributed by atoms with E-state index in [0.717, 1.165) is 6.54 Å². The third kappa shape index (κ3) is 3.41. The molecule has 1 atom stereocenters. The fourth-order valence-corrected chi connectivity index (χ4v) is 3.63. The monoisotopic (exact) mass is 298 g/mol. The van der Waals surface area contributed by atoms with Gasteiger partial charge in [-0.25, -0.2) is 4.98 Å². The minimum absolute atomic E-state index is 0.311. The summed E-state index contributed by atoms with van der Waals surface area (Å²) in [5.41, 5.74) is 2.27. The summed E-state index contributed by atoms with van der Waals surface area (Å²) in [5.74, 6) is 0. The fourth-order valence-electron chi connectivity index (χ4n) is 3.63. The molecule has 0 N–H and O–H groups in total. The van der Waals surface area contributed by atoms with Gasteiger partial charge in [0.2, 0.25) is 0 Å². The van der Waals surface area contributed by atoms with Gasteiger partial charge in [-0.2, -0.15) is 0 Å². The lowest BCUT2D eigenvalue weighted by molar-refractivity contribution is -0.109. The summed E-state index contributed by atoms with van der Waals surface area (Å²) in [6, 6.07) is 8.58. The highest BCUT2D eigenvalue weighted by Crippen LogP contribution is 2.34. The van der Waals surface area contributed by atoms with Crippen molar-refractivity contribution >= 4 is 0 Å². The predicted octanol–water partition coefficient (Wildman–Crippen LogP) is 4.46. The summed E-state index contributed by atoms with van der Waals surface area (Å²) in [4.78, 5) is 4.18. The molecule has 118 valence electrons. The lowest BCUT2D eigenvalue weighted by Gasteiger charge is -2.37. The number of aryl methyl sites for hydroxylation is 1. The van der Waals surface area contributed by atoms with Gasteiger partial charge in [0.15, 0.2) is 0 Å². The van der Waals surface area contributed by atoms with Gasteiger partial charge in [0.05, 0.1) is 19.0 Å². The van der Waals surface area contributed by atoms with E-state index in [0.29, 0.717) is 6.10 Å². The number of hydrogen-bond acceptors (Lipinski definition) is 2. The van der Waals surface area contributed by atoms with Crippen LogP contribution in [0.1, 0.15) is 50.2 Å². The summed E-state index contributed by atoms with van der Waals surface area (Å²) < 4.78 is 8.79. The van der Waals surface area contributed by atoms with Crippen molar-refractivity contribution in [3.8, 4) is 0 Å². The van der Waals surface area contributed by atoms with Crippen LogP contribution in [-0.2, 0) is 16.9 Å². The Kier molecular flexibility index (Phi) is 4.63. The van der Waals surface area contributed by atoms with E-state index in [-0.39, 0.29) is 5.60 Å². The molecule has 1 aliphatic carbocycles. The molecule has 0 spiro atoms. The van der Waals surface area contributed by atoms with Crippen molar-refractivity contribution in [3.05, 3.63) is 54.1 Å². The Labute approximate surface area is 133 Å². The van der Waals surface area contributed by atoms with Gasteiger partial charge in [-0.05, 0) is 37.8 Å². The minimum Gasteiger partial charge on any atom is -0.365 e. The second kappa shape index (κ2) is 6.66. The van der Waals surface area contributed by atoms with Crippen molar-refractivity contribution < 1.29 is 4.74 Å². The van der Waals surface area contributed by atoms with Crippen LogP contribution in [0, 0.1) is 6.92 Å². The molecule has 1 unspecified atom stereocenters. The van der Waals surface area contributed by atoms with E-state index >= 15 is 0 Å². The van der Waals surface area contributed by atoms with Crippen LogP contribution in [0.2, 0.25) is 0 Å². The summed E-state index contributed by atoms with van der Waals surface area (Å²) in [6.07, 6.45) is 12.4. The van der Waals surface area contributed by atoms with Crippen molar-refractivity contribution in [1.29, 1.82) is 0 Å². The molecule has 0 aliphatic heterocycles. The van der Waals surface area contributed by atoms with Crippen molar-refractivity contribution in [2.24, 2.45) is 0 Å². The highest BCUT2D eigenvalue weighted by molar-refractivity contribution is 5.31. The Morgan fingerprint density at radius 2 is 2.00 bits per heavy atom. The molecule has 3 heteroatoms. The van der Waals surface area contributed by atoms with Gasteiger partial charge < -0.3 is 9.30 Å². The number of hydrogen-bond donors (Lipinski definition) is 0. The van der Waals surface area contributed by atoms with Crippen LogP contribution in [0.5, 0.6) is 0 Å². The highest BCUT2D eigenvalue weighted by atomic mass is 16.5. The van der Waals surface area contributed by atoms with E-state index < -0.39 is 0 Å². The number of rotatable bonds is 5. The number of aromatic nitrogens is 2. The molecular formula is C19H26N2O.